The first-order valence-electron chi connectivity index (χ1n) is 10.9. The molecule has 7 nitrogen and oxygen atoms in total. The van der Waals surface area contributed by atoms with Crippen molar-refractivity contribution in [1.82, 2.24) is 4.90 Å². The first kappa shape index (κ1) is 26.5. The molecule has 0 aromatic heterocycles. The van der Waals surface area contributed by atoms with Gasteiger partial charge in [-0.05, 0) is 51.0 Å². The molecule has 2 rings (SSSR count). The molecule has 1 amide bonds. The maximum absolute atomic E-state index is 13.5. The lowest BCUT2D eigenvalue weighted by molar-refractivity contribution is -0.155. The SMILES string of the molecule is CC(C)(C)OC(=O)CCN1C[C@@H](O[Si](C)(C)C(C)(C)C)[C@H](S(=O)(=O)c2ccccc2)C1=O. The van der Waals surface area contributed by atoms with Gasteiger partial charge in [0.1, 0.15) is 5.60 Å². The number of carbonyl (C=O) groups excluding carboxylic acids is 2. The van der Waals surface area contributed by atoms with E-state index in [0.29, 0.717) is 0 Å². The highest BCUT2D eigenvalue weighted by atomic mass is 32.2. The minimum absolute atomic E-state index is 0.00602. The second-order valence-electron chi connectivity index (χ2n) is 10.8. The maximum Gasteiger partial charge on any atom is 0.308 e. The Kier molecular flexibility index (Phi) is 7.69. The Labute approximate surface area is 193 Å². The maximum atomic E-state index is 13.5. The van der Waals surface area contributed by atoms with Crippen molar-refractivity contribution in [3.05, 3.63) is 30.3 Å². The molecule has 2 atom stereocenters. The zero-order valence-electron chi connectivity index (χ0n) is 20.5. The number of hydrogen-bond acceptors (Lipinski definition) is 6. The van der Waals surface area contributed by atoms with Crippen LogP contribution in [-0.4, -0.2) is 63.6 Å². The van der Waals surface area contributed by atoms with Gasteiger partial charge in [-0.3, -0.25) is 9.59 Å². The summed E-state index contributed by atoms with van der Waals surface area (Å²) >= 11 is 0. The summed E-state index contributed by atoms with van der Waals surface area (Å²) < 4.78 is 38.7. The molecular weight excluding hydrogens is 446 g/mol. The van der Waals surface area contributed by atoms with Crippen LogP contribution >= 0.6 is 0 Å². The third kappa shape index (κ3) is 6.20. The van der Waals surface area contributed by atoms with Crippen molar-refractivity contribution in [3.63, 3.8) is 0 Å². The monoisotopic (exact) mass is 483 g/mol. The number of rotatable bonds is 7. The van der Waals surface area contributed by atoms with Crippen molar-refractivity contribution in [2.75, 3.05) is 13.1 Å². The summed E-state index contributed by atoms with van der Waals surface area (Å²) in [5, 5.41) is -1.49. The van der Waals surface area contributed by atoms with Crippen molar-refractivity contribution in [3.8, 4) is 0 Å². The summed E-state index contributed by atoms with van der Waals surface area (Å²) in [4.78, 5) is 27.0. The summed E-state index contributed by atoms with van der Waals surface area (Å²) in [7, 11) is -6.33. The highest BCUT2D eigenvalue weighted by molar-refractivity contribution is 7.93. The Morgan fingerprint density at radius 2 is 1.66 bits per heavy atom. The van der Waals surface area contributed by atoms with E-state index in [-0.39, 0.29) is 29.4 Å². The number of nitrogens with zero attached hydrogens (tertiary/aromatic N) is 1. The van der Waals surface area contributed by atoms with Gasteiger partial charge in [-0.1, -0.05) is 39.0 Å². The third-order valence-corrected chi connectivity index (χ3v) is 12.6. The van der Waals surface area contributed by atoms with Crippen molar-refractivity contribution in [1.29, 1.82) is 0 Å². The predicted octanol–water partition coefficient (Wildman–Crippen LogP) is 3.79. The number of benzene rings is 1. The number of likely N-dealkylation sites (tertiary alicyclic amines) is 1. The van der Waals surface area contributed by atoms with Crippen molar-refractivity contribution >= 4 is 30.0 Å². The molecule has 32 heavy (non-hydrogen) atoms. The second kappa shape index (κ2) is 9.27. The minimum atomic E-state index is -3.97. The summed E-state index contributed by atoms with van der Waals surface area (Å²) in [5.41, 5.74) is -0.626. The molecule has 1 fully saturated rings. The van der Waals surface area contributed by atoms with E-state index in [2.05, 4.69) is 20.8 Å². The molecule has 1 aromatic carbocycles. The third-order valence-electron chi connectivity index (χ3n) is 5.96. The number of hydrogen-bond donors (Lipinski definition) is 0. The average Bonchev–Trinajstić information content (AvgIpc) is 2.93. The second-order valence-corrected chi connectivity index (χ2v) is 17.6. The zero-order chi connectivity index (χ0) is 24.5. The van der Waals surface area contributed by atoms with Crippen LogP contribution < -0.4 is 0 Å². The number of ether oxygens (including phenoxy) is 1. The number of carbonyl (C=O) groups is 2. The molecule has 1 aromatic rings. The topological polar surface area (TPSA) is 90.0 Å². The van der Waals surface area contributed by atoms with Gasteiger partial charge < -0.3 is 14.1 Å². The summed E-state index contributed by atoms with van der Waals surface area (Å²) in [6, 6.07) is 7.99. The van der Waals surface area contributed by atoms with Crippen molar-refractivity contribution in [2.24, 2.45) is 0 Å². The van der Waals surface area contributed by atoms with Crippen LogP contribution in [0, 0.1) is 0 Å². The molecule has 9 heteroatoms. The van der Waals surface area contributed by atoms with E-state index in [9.17, 15) is 18.0 Å². The van der Waals surface area contributed by atoms with Crippen LogP contribution in [0.3, 0.4) is 0 Å². The van der Waals surface area contributed by atoms with Gasteiger partial charge in [0, 0.05) is 13.1 Å². The molecular formula is C23H37NO6SSi. The summed E-state index contributed by atoms with van der Waals surface area (Å²) in [6.45, 7) is 15.8. The van der Waals surface area contributed by atoms with Crippen LogP contribution in [-0.2, 0) is 28.6 Å². The van der Waals surface area contributed by atoms with Crippen molar-refractivity contribution < 1.29 is 27.2 Å². The molecule has 1 aliphatic heterocycles. The van der Waals surface area contributed by atoms with Crippen LogP contribution in [0.2, 0.25) is 18.1 Å². The highest BCUT2D eigenvalue weighted by Gasteiger charge is 2.52. The van der Waals surface area contributed by atoms with Crippen LogP contribution in [0.1, 0.15) is 48.0 Å². The fourth-order valence-electron chi connectivity index (χ4n) is 3.31. The molecule has 0 saturated carbocycles. The van der Waals surface area contributed by atoms with Gasteiger partial charge in [-0.2, -0.15) is 0 Å². The van der Waals surface area contributed by atoms with E-state index in [1.165, 1.54) is 17.0 Å². The Morgan fingerprint density at radius 3 is 2.16 bits per heavy atom. The van der Waals surface area contributed by atoms with E-state index in [1.54, 1.807) is 39.0 Å². The van der Waals surface area contributed by atoms with Gasteiger partial charge in [-0.15, -0.1) is 0 Å². The molecule has 0 bridgehead atoms. The largest absolute Gasteiger partial charge is 0.460 e. The van der Waals surface area contributed by atoms with Gasteiger partial charge in [0.25, 0.3) is 0 Å². The molecule has 0 aliphatic carbocycles. The molecule has 180 valence electrons. The summed E-state index contributed by atoms with van der Waals surface area (Å²) in [5.74, 6) is -0.956. The van der Waals surface area contributed by atoms with Crippen LogP contribution in [0.15, 0.2) is 35.2 Å². The molecule has 1 heterocycles. The van der Waals surface area contributed by atoms with Gasteiger partial charge in [0.05, 0.1) is 17.4 Å². The normalized spacial score (nSPS) is 20.5. The molecule has 0 spiro atoms. The van der Waals surface area contributed by atoms with E-state index in [4.69, 9.17) is 9.16 Å². The standard InChI is InChI=1S/C23H37NO6SSi/c1-22(2,3)29-19(25)14-15-24-16-18(30-32(7,8)23(4,5)6)20(21(24)26)31(27,28)17-12-10-9-11-13-17/h9-13,18,20H,14-16H2,1-8H3/t18-,20+/m1/s1. The Hall–Kier alpha value is -1.71. The number of amides is 1. The average molecular weight is 484 g/mol. The van der Waals surface area contributed by atoms with Gasteiger partial charge >= 0.3 is 5.97 Å². The quantitative estimate of drug-likeness (QED) is 0.433. The smallest absolute Gasteiger partial charge is 0.308 e. The molecule has 0 radical (unpaired) electrons. The first-order valence-corrected chi connectivity index (χ1v) is 15.4. The van der Waals surface area contributed by atoms with Gasteiger partial charge in [-0.25, -0.2) is 8.42 Å². The Morgan fingerprint density at radius 1 is 1.09 bits per heavy atom. The molecule has 1 aliphatic rings. The predicted molar refractivity (Wildman–Crippen MR) is 127 cm³/mol. The van der Waals surface area contributed by atoms with Crippen LogP contribution in [0.5, 0.6) is 0 Å². The van der Waals surface area contributed by atoms with Crippen LogP contribution in [0.4, 0.5) is 0 Å². The Balaban J connectivity index is 2.33. The number of sulfone groups is 1. The van der Waals surface area contributed by atoms with E-state index in [0.717, 1.165) is 0 Å². The highest BCUT2D eigenvalue weighted by Crippen LogP contribution is 2.39. The lowest BCUT2D eigenvalue weighted by Gasteiger charge is -2.39. The van der Waals surface area contributed by atoms with Crippen molar-refractivity contribution in [2.45, 2.75) is 87.9 Å². The van der Waals surface area contributed by atoms with E-state index < -0.39 is 47.0 Å². The first-order chi connectivity index (χ1) is 14.5. The fraction of sp³-hybridized carbons (Fsp3) is 0.652. The van der Waals surface area contributed by atoms with E-state index >= 15 is 0 Å². The summed E-state index contributed by atoms with van der Waals surface area (Å²) in [6.07, 6.45) is -0.805. The number of esters is 1. The molecule has 1 saturated heterocycles. The lowest BCUT2D eigenvalue weighted by Crippen LogP contribution is -2.49. The fourth-order valence-corrected chi connectivity index (χ4v) is 6.51. The zero-order valence-corrected chi connectivity index (χ0v) is 22.3. The van der Waals surface area contributed by atoms with Crippen LogP contribution in [0.25, 0.3) is 0 Å². The van der Waals surface area contributed by atoms with Gasteiger partial charge in [0.15, 0.2) is 23.4 Å². The van der Waals surface area contributed by atoms with E-state index in [1.807, 2.05) is 13.1 Å². The lowest BCUT2D eigenvalue weighted by atomic mass is 10.2. The Bertz CT molecular complexity index is 931. The molecule has 0 N–H and O–H groups in total. The van der Waals surface area contributed by atoms with Gasteiger partial charge in [0.2, 0.25) is 5.91 Å². The minimum Gasteiger partial charge on any atom is -0.460 e. The molecule has 0 unspecified atom stereocenters.